The number of nitrogens with zero attached hydrogens (tertiary/aromatic N) is 4. The second kappa shape index (κ2) is 13.4. The average Bonchev–Trinajstić information content (AvgIpc) is 3.60. The minimum absolute atomic E-state index is 0.108. The van der Waals surface area contributed by atoms with Gasteiger partial charge in [0.05, 0.1) is 55.2 Å². The number of aromatic nitrogens is 3. The third-order valence-corrected chi connectivity index (χ3v) is 7.15. The summed E-state index contributed by atoms with van der Waals surface area (Å²) in [4.78, 5) is 38.8. The molecular formula is C33H30N4O7. The summed E-state index contributed by atoms with van der Waals surface area (Å²) >= 11 is 0. The van der Waals surface area contributed by atoms with E-state index in [1.807, 2.05) is 30.3 Å². The Bertz CT molecular complexity index is 1800. The van der Waals surface area contributed by atoms with Gasteiger partial charge in [-0.2, -0.15) is 0 Å². The number of hydrogen-bond acceptors (Lipinski definition) is 9. The van der Waals surface area contributed by atoms with Crippen LogP contribution in [0.5, 0.6) is 5.75 Å². The third-order valence-electron chi connectivity index (χ3n) is 7.15. The summed E-state index contributed by atoms with van der Waals surface area (Å²) in [5.41, 5.74) is 2.75. The molecule has 11 nitrogen and oxygen atoms in total. The predicted octanol–water partition coefficient (Wildman–Crippen LogP) is 4.00. The van der Waals surface area contributed by atoms with E-state index in [9.17, 15) is 14.4 Å². The maximum atomic E-state index is 12.5. The Hall–Kier alpha value is -5.13. The molecule has 0 saturated carbocycles. The lowest BCUT2D eigenvalue weighted by Crippen LogP contribution is -2.31. The fraction of sp³-hybridized carbons (Fsp3) is 0.242. The van der Waals surface area contributed by atoms with Crippen molar-refractivity contribution < 1.29 is 28.2 Å². The molecule has 0 saturated heterocycles. The molecule has 3 heterocycles. The van der Waals surface area contributed by atoms with E-state index in [0.717, 1.165) is 5.56 Å². The molecule has 44 heavy (non-hydrogen) atoms. The van der Waals surface area contributed by atoms with Crippen LogP contribution in [-0.4, -0.2) is 71.3 Å². The largest absolute Gasteiger partial charge is 0.491 e. The van der Waals surface area contributed by atoms with E-state index >= 15 is 0 Å². The van der Waals surface area contributed by atoms with Crippen LogP contribution in [0.3, 0.4) is 0 Å². The van der Waals surface area contributed by atoms with Crippen LogP contribution in [-0.2, 0) is 22.4 Å². The molecule has 11 heteroatoms. The van der Waals surface area contributed by atoms with Gasteiger partial charge in [-0.3, -0.25) is 19.3 Å². The predicted molar refractivity (Wildman–Crippen MR) is 161 cm³/mol. The fourth-order valence-electron chi connectivity index (χ4n) is 4.90. The monoisotopic (exact) mass is 594 g/mol. The molecule has 2 aromatic heterocycles. The topological polar surface area (TPSA) is 126 Å². The number of amides is 2. The zero-order valence-corrected chi connectivity index (χ0v) is 23.9. The summed E-state index contributed by atoms with van der Waals surface area (Å²) in [5.74, 6) is 0.539. The number of rotatable bonds is 14. The van der Waals surface area contributed by atoms with E-state index in [2.05, 4.69) is 10.3 Å². The van der Waals surface area contributed by atoms with Crippen molar-refractivity contribution in [1.29, 1.82) is 0 Å². The van der Waals surface area contributed by atoms with Crippen LogP contribution >= 0.6 is 0 Å². The Balaban J connectivity index is 0.864. The zero-order chi connectivity index (χ0) is 30.3. The molecule has 3 aromatic carbocycles. The first-order valence-corrected chi connectivity index (χ1v) is 14.3. The van der Waals surface area contributed by atoms with Crippen molar-refractivity contribution in [2.75, 3.05) is 39.6 Å². The fourth-order valence-corrected chi connectivity index (χ4v) is 4.90. The molecule has 1 aliphatic heterocycles. The van der Waals surface area contributed by atoms with Crippen LogP contribution in [0, 0.1) is 0 Å². The molecule has 0 radical (unpaired) electrons. The van der Waals surface area contributed by atoms with Gasteiger partial charge in [0.2, 0.25) is 0 Å². The molecule has 1 aliphatic rings. The molecule has 0 N–H and O–H groups in total. The molecule has 0 spiro atoms. The summed E-state index contributed by atoms with van der Waals surface area (Å²) < 4.78 is 24.7. The van der Waals surface area contributed by atoms with Crippen molar-refractivity contribution in [3.8, 4) is 17.1 Å². The molecule has 0 bridgehead atoms. The lowest BCUT2D eigenvalue weighted by molar-refractivity contribution is 0.0333. The molecule has 0 aliphatic carbocycles. The summed E-state index contributed by atoms with van der Waals surface area (Å²) in [6.07, 6.45) is 2.21. The van der Waals surface area contributed by atoms with Crippen LogP contribution in [0.15, 0.2) is 94.3 Å². The van der Waals surface area contributed by atoms with Crippen LogP contribution in [0.1, 0.15) is 26.4 Å². The Kier molecular flexibility index (Phi) is 8.85. The second-order valence-electron chi connectivity index (χ2n) is 10.1. The van der Waals surface area contributed by atoms with Crippen LogP contribution < -0.4 is 10.2 Å². The standard InChI is InChI=1S/C33H30N4O7/c38-29-21-30(23-6-2-1-3-7-23)44-31-20-25(10-11-28(29)31)43-19-18-42-17-16-41-15-14-36-22-24(34-35-36)12-13-37-32(39)26-8-4-5-9-27(26)33(37)40/h1-11,20-22H,12-19H2. The van der Waals surface area contributed by atoms with Gasteiger partial charge >= 0.3 is 0 Å². The number of fused-ring (bicyclic) bond motifs is 2. The van der Waals surface area contributed by atoms with Crippen molar-refractivity contribution >= 4 is 22.8 Å². The Morgan fingerprint density at radius 2 is 1.43 bits per heavy atom. The molecule has 2 amide bonds. The highest BCUT2D eigenvalue weighted by Crippen LogP contribution is 2.25. The van der Waals surface area contributed by atoms with E-state index in [1.54, 1.807) is 53.3 Å². The Morgan fingerprint density at radius 1 is 0.727 bits per heavy atom. The minimum atomic E-state index is -0.277. The number of imide groups is 1. The van der Waals surface area contributed by atoms with Gasteiger partial charge in [0.15, 0.2) is 5.43 Å². The molecule has 0 atom stereocenters. The molecule has 0 fully saturated rings. The van der Waals surface area contributed by atoms with Crippen LogP contribution in [0.4, 0.5) is 0 Å². The highest BCUT2D eigenvalue weighted by atomic mass is 16.5. The summed E-state index contributed by atoms with van der Waals surface area (Å²) in [6.45, 7) is 2.69. The molecular weight excluding hydrogens is 564 g/mol. The van der Waals surface area contributed by atoms with Gasteiger partial charge in [0.1, 0.15) is 23.7 Å². The van der Waals surface area contributed by atoms with Gasteiger partial charge in [-0.15, -0.1) is 5.10 Å². The summed E-state index contributed by atoms with van der Waals surface area (Å²) in [7, 11) is 0. The van der Waals surface area contributed by atoms with Crippen LogP contribution in [0.2, 0.25) is 0 Å². The van der Waals surface area contributed by atoms with Crippen molar-refractivity contribution in [3.63, 3.8) is 0 Å². The second-order valence-corrected chi connectivity index (χ2v) is 10.1. The quantitative estimate of drug-likeness (QED) is 0.139. The van der Waals surface area contributed by atoms with Gasteiger partial charge in [-0.25, -0.2) is 4.68 Å². The highest BCUT2D eigenvalue weighted by Gasteiger charge is 2.34. The maximum absolute atomic E-state index is 12.5. The van der Waals surface area contributed by atoms with E-state index in [-0.39, 0.29) is 23.8 Å². The first-order chi connectivity index (χ1) is 21.6. The number of benzene rings is 3. The van der Waals surface area contributed by atoms with E-state index in [4.69, 9.17) is 18.6 Å². The number of ether oxygens (including phenoxy) is 3. The van der Waals surface area contributed by atoms with Gasteiger partial charge < -0.3 is 18.6 Å². The van der Waals surface area contributed by atoms with E-state index < -0.39 is 0 Å². The molecule has 224 valence electrons. The first-order valence-electron chi connectivity index (χ1n) is 14.3. The molecule has 5 aromatic rings. The van der Waals surface area contributed by atoms with Crippen LogP contribution in [0.25, 0.3) is 22.3 Å². The van der Waals surface area contributed by atoms with Gasteiger partial charge in [0.25, 0.3) is 11.8 Å². The molecule has 0 unspecified atom stereocenters. The summed E-state index contributed by atoms with van der Waals surface area (Å²) in [6, 6.07) is 23.0. The Labute approximate surface area is 252 Å². The SMILES string of the molecule is O=C1c2ccccc2C(=O)N1CCc1cn(CCOCCOCCOc2ccc3c(=O)cc(-c4ccccc4)oc3c2)nn1. The molecule has 6 rings (SSSR count). The average molecular weight is 595 g/mol. The van der Waals surface area contributed by atoms with Gasteiger partial charge in [-0.05, 0) is 24.3 Å². The number of hydrogen-bond donors (Lipinski definition) is 0. The third kappa shape index (κ3) is 6.59. The van der Waals surface area contributed by atoms with Crippen molar-refractivity contribution in [2.45, 2.75) is 13.0 Å². The van der Waals surface area contributed by atoms with Crippen molar-refractivity contribution in [3.05, 3.63) is 112 Å². The van der Waals surface area contributed by atoms with Gasteiger partial charge in [-0.1, -0.05) is 47.7 Å². The lowest BCUT2D eigenvalue weighted by atomic mass is 10.1. The zero-order valence-electron chi connectivity index (χ0n) is 23.9. The van der Waals surface area contributed by atoms with E-state index in [1.165, 1.54) is 11.0 Å². The minimum Gasteiger partial charge on any atom is -0.491 e. The number of carbonyl (C=O) groups excluding carboxylic acids is 2. The number of carbonyl (C=O) groups is 2. The van der Waals surface area contributed by atoms with Gasteiger partial charge in [0, 0.05) is 36.9 Å². The Morgan fingerprint density at radius 3 is 2.20 bits per heavy atom. The highest BCUT2D eigenvalue weighted by molar-refractivity contribution is 6.21. The lowest BCUT2D eigenvalue weighted by Gasteiger charge is -2.12. The van der Waals surface area contributed by atoms with Crippen molar-refractivity contribution in [2.24, 2.45) is 0 Å². The first kappa shape index (κ1) is 29.0. The smallest absolute Gasteiger partial charge is 0.261 e. The normalized spacial score (nSPS) is 12.7. The van der Waals surface area contributed by atoms with Crippen molar-refractivity contribution in [1.82, 2.24) is 19.9 Å². The maximum Gasteiger partial charge on any atom is 0.261 e. The van der Waals surface area contributed by atoms with E-state index in [0.29, 0.717) is 85.3 Å². The summed E-state index contributed by atoms with van der Waals surface area (Å²) in [5, 5.41) is 8.73.